The molecule has 3 nitrogen and oxygen atoms in total. The molecule has 0 aliphatic heterocycles. The molecule has 24 heavy (non-hydrogen) atoms. The highest BCUT2D eigenvalue weighted by Crippen LogP contribution is 2.24. The number of hydrogen-bond donors (Lipinski definition) is 0. The Kier molecular flexibility index (Phi) is 4.92. The van der Waals surface area contributed by atoms with Gasteiger partial charge in [0, 0.05) is 10.0 Å². The van der Waals surface area contributed by atoms with E-state index in [1.165, 1.54) is 0 Å². The molecular weight excluding hydrogens is 386 g/mol. The van der Waals surface area contributed by atoms with E-state index >= 15 is 0 Å². The summed E-state index contributed by atoms with van der Waals surface area (Å²) in [6.07, 6.45) is 0. The molecule has 0 aromatic heterocycles. The van der Waals surface area contributed by atoms with E-state index in [1.54, 1.807) is 72.8 Å². The summed E-state index contributed by atoms with van der Waals surface area (Å²) in [5, 5.41) is 0. The van der Waals surface area contributed by atoms with E-state index < -0.39 is 15.6 Å². The van der Waals surface area contributed by atoms with E-state index in [2.05, 4.69) is 20.3 Å². The zero-order valence-electron chi connectivity index (χ0n) is 12.6. The average Bonchev–Trinajstić information content (AvgIpc) is 2.63. The molecule has 0 spiro atoms. The van der Waals surface area contributed by atoms with Crippen molar-refractivity contribution >= 4 is 31.6 Å². The summed E-state index contributed by atoms with van der Waals surface area (Å²) in [5.41, 5.74) is 0.401. The molecule has 3 rings (SSSR count). The molecule has 0 atom stereocenters. The second-order valence-corrected chi connectivity index (χ2v) is 8.15. The number of halogens is 1. The van der Waals surface area contributed by atoms with Gasteiger partial charge in [-0.05, 0) is 48.5 Å². The van der Waals surface area contributed by atoms with Gasteiger partial charge in [-0.3, -0.25) is 4.79 Å². The smallest absolute Gasteiger partial charge is 0.266 e. The van der Waals surface area contributed by atoms with Gasteiger partial charge in [-0.15, -0.1) is 4.36 Å². The van der Waals surface area contributed by atoms with Crippen molar-refractivity contribution in [2.75, 3.05) is 0 Å². The summed E-state index contributed by atoms with van der Waals surface area (Å²) in [7, 11) is -3.04. The molecule has 0 saturated carbocycles. The fraction of sp³-hybridized carbons (Fsp3) is 0. The second-order valence-electron chi connectivity index (χ2n) is 5.06. The summed E-state index contributed by atoms with van der Waals surface area (Å²) in [5.74, 6) is -0.500. The minimum Gasteiger partial charge on any atom is -0.266 e. The van der Waals surface area contributed by atoms with Gasteiger partial charge in [-0.2, -0.15) is 0 Å². The predicted octanol–water partition coefficient (Wildman–Crippen LogP) is 5.18. The molecule has 5 heteroatoms. The lowest BCUT2D eigenvalue weighted by Crippen LogP contribution is -2.06. The number of hydrogen-bond acceptors (Lipinski definition) is 2. The third-order valence-corrected chi connectivity index (χ3v) is 6.20. The zero-order chi connectivity index (χ0) is 17.0. The number of rotatable bonds is 3. The van der Waals surface area contributed by atoms with Crippen LogP contribution in [0.15, 0.2) is 104 Å². The summed E-state index contributed by atoms with van der Waals surface area (Å²) >= 11 is 3.33. The fourth-order valence-corrected chi connectivity index (χ4v) is 4.35. The SMILES string of the molecule is O=C(N=S(=O)(c1ccccc1)c1ccccc1)c1ccc(Br)cc1. The summed E-state index contributed by atoms with van der Waals surface area (Å²) in [6.45, 7) is 0. The van der Waals surface area contributed by atoms with Crippen molar-refractivity contribution < 1.29 is 9.00 Å². The second kappa shape index (κ2) is 7.11. The molecule has 3 aromatic carbocycles. The highest BCUT2D eigenvalue weighted by molar-refractivity contribution is 9.10. The maximum atomic E-state index is 13.6. The van der Waals surface area contributed by atoms with Gasteiger partial charge in [0.1, 0.15) is 9.73 Å². The maximum absolute atomic E-state index is 13.6. The first kappa shape index (κ1) is 16.6. The van der Waals surface area contributed by atoms with Gasteiger partial charge in [0.2, 0.25) is 0 Å². The van der Waals surface area contributed by atoms with E-state index in [-0.39, 0.29) is 0 Å². The lowest BCUT2D eigenvalue weighted by molar-refractivity contribution is 0.100. The monoisotopic (exact) mass is 399 g/mol. The van der Waals surface area contributed by atoms with E-state index in [0.717, 1.165) is 4.47 Å². The normalized spacial score (nSPS) is 11.0. The van der Waals surface area contributed by atoms with Crippen molar-refractivity contribution in [3.63, 3.8) is 0 Å². The quantitative estimate of drug-likeness (QED) is 0.609. The van der Waals surface area contributed by atoms with Crippen LogP contribution in [0.2, 0.25) is 0 Å². The minimum absolute atomic E-state index is 0.401. The Labute approximate surface area is 149 Å². The number of carbonyl (C=O) groups is 1. The Morgan fingerprint density at radius 2 is 1.21 bits per heavy atom. The maximum Gasteiger partial charge on any atom is 0.285 e. The molecule has 0 fully saturated rings. The molecular formula is C19H14BrNO2S. The molecule has 1 amide bonds. The molecule has 0 aliphatic rings. The lowest BCUT2D eigenvalue weighted by atomic mass is 10.2. The van der Waals surface area contributed by atoms with Crippen LogP contribution in [0.25, 0.3) is 0 Å². The predicted molar refractivity (Wildman–Crippen MR) is 98.5 cm³/mol. The summed E-state index contributed by atoms with van der Waals surface area (Å²) < 4.78 is 18.6. The molecule has 120 valence electrons. The third kappa shape index (κ3) is 3.47. The van der Waals surface area contributed by atoms with Crippen LogP contribution < -0.4 is 0 Å². The number of amides is 1. The molecule has 3 aromatic rings. The van der Waals surface area contributed by atoms with Gasteiger partial charge in [0.05, 0.1) is 9.79 Å². The highest BCUT2D eigenvalue weighted by Gasteiger charge is 2.18. The van der Waals surface area contributed by atoms with Gasteiger partial charge < -0.3 is 0 Å². The van der Waals surface area contributed by atoms with Crippen LogP contribution in [0.3, 0.4) is 0 Å². The van der Waals surface area contributed by atoms with Crippen molar-refractivity contribution in [3.05, 3.63) is 95.0 Å². The Morgan fingerprint density at radius 3 is 1.67 bits per heavy atom. The Hall–Kier alpha value is -2.24. The summed E-state index contributed by atoms with van der Waals surface area (Å²) in [4.78, 5) is 13.6. The van der Waals surface area contributed by atoms with Crippen molar-refractivity contribution in [3.8, 4) is 0 Å². The molecule has 0 heterocycles. The van der Waals surface area contributed by atoms with E-state index in [0.29, 0.717) is 15.4 Å². The standard InChI is InChI=1S/C19H14BrNO2S/c20-16-13-11-15(12-14-16)19(22)21-24(23,17-7-3-1-4-8-17)18-9-5-2-6-10-18/h1-14H. The van der Waals surface area contributed by atoms with Gasteiger partial charge in [0.25, 0.3) is 5.91 Å². The largest absolute Gasteiger partial charge is 0.285 e. The van der Waals surface area contributed by atoms with Crippen LogP contribution in [-0.4, -0.2) is 10.1 Å². The molecule has 0 aliphatic carbocycles. The third-order valence-electron chi connectivity index (χ3n) is 3.43. The van der Waals surface area contributed by atoms with E-state index in [1.807, 2.05) is 12.1 Å². The number of benzene rings is 3. The van der Waals surface area contributed by atoms with Crippen LogP contribution in [-0.2, 0) is 9.73 Å². The van der Waals surface area contributed by atoms with Gasteiger partial charge >= 0.3 is 0 Å². The van der Waals surface area contributed by atoms with Crippen LogP contribution >= 0.6 is 15.9 Å². The Balaban J connectivity index is 2.17. The van der Waals surface area contributed by atoms with Gasteiger partial charge in [-0.1, -0.05) is 52.3 Å². The van der Waals surface area contributed by atoms with Crippen LogP contribution in [0.1, 0.15) is 10.4 Å². The molecule has 0 bridgehead atoms. The first-order valence-electron chi connectivity index (χ1n) is 7.27. The van der Waals surface area contributed by atoms with Crippen LogP contribution in [0.5, 0.6) is 0 Å². The Morgan fingerprint density at radius 1 is 0.750 bits per heavy atom. The van der Waals surface area contributed by atoms with Crippen molar-refractivity contribution in [2.24, 2.45) is 4.36 Å². The highest BCUT2D eigenvalue weighted by atomic mass is 79.9. The molecule has 0 radical (unpaired) electrons. The number of nitrogens with zero attached hydrogens (tertiary/aromatic N) is 1. The molecule has 0 saturated heterocycles. The van der Waals surface area contributed by atoms with Crippen LogP contribution in [0.4, 0.5) is 0 Å². The van der Waals surface area contributed by atoms with Crippen molar-refractivity contribution in [1.82, 2.24) is 0 Å². The van der Waals surface area contributed by atoms with Gasteiger partial charge in [-0.25, -0.2) is 4.21 Å². The average molecular weight is 400 g/mol. The summed E-state index contributed by atoms with van der Waals surface area (Å²) in [6, 6.07) is 24.6. The first-order chi connectivity index (χ1) is 11.6. The zero-order valence-corrected chi connectivity index (χ0v) is 15.0. The minimum atomic E-state index is -3.04. The van der Waals surface area contributed by atoms with Crippen LogP contribution in [0, 0.1) is 0 Å². The fourth-order valence-electron chi connectivity index (χ4n) is 2.21. The van der Waals surface area contributed by atoms with E-state index in [4.69, 9.17) is 0 Å². The molecule has 0 N–H and O–H groups in total. The first-order valence-corrected chi connectivity index (χ1v) is 9.57. The van der Waals surface area contributed by atoms with E-state index in [9.17, 15) is 9.00 Å². The lowest BCUT2D eigenvalue weighted by Gasteiger charge is -2.10. The molecule has 0 unspecified atom stereocenters. The topological polar surface area (TPSA) is 46.5 Å². The van der Waals surface area contributed by atoms with Crippen molar-refractivity contribution in [1.29, 1.82) is 0 Å². The van der Waals surface area contributed by atoms with Crippen molar-refractivity contribution in [2.45, 2.75) is 9.79 Å². The van der Waals surface area contributed by atoms with Gasteiger partial charge in [0.15, 0.2) is 0 Å². The Bertz CT molecular complexity index is 916. The number of carbonyl (C=O) groups excluding carboxylic acids is 1.